The summed E-state index contributed by atoms with van der Waals surface area (Å²) < 4.78 is 17.6. The largest absolute Gasteiger partial charge is 0.550 e. The minimum atomic E-state index is -1.00. The predicted octanol–water partition coefficient (Wildman–Crippen LogP) is 0.846. The third kappa shape index (κ3) is 6.26. The van der Waals surface area contributed by atoms with Gasteiger partial charge in [0.15, 0.2) is 6.29 Å². The van der Waals surface area contributed by atoms with Crippen molar-refractivity contribution in [3.8, 4) is 0 Å². The van der Waals surface area contributed by atoms with Gasteiger partial charge < -0.3 is 29.2 Å². The lowest BCUT2D eigenvalue weighted by Gasteiger charge is -2.39. The van der Waals surface area contributed by atoms with Gasteiger partial charge in [0, 0.05) is 44.0 Å². The molecule has 0 aromatic rings. The van der Waals surface area contributed by atoms with Crippen LogP contribution in [0.15, 0.2) is 12.2 Å². The molecule has 28 heavy (non-hydrogen) atoms. The number of nitrogens with zero attached hydrogens (tertiary/aromatic N) is 1. The number of carbonyl (C=O) groups excluding carboxylic acids is 1. The van der Waals surface area contributed by atoms with Crippen LogP contribution >= 0.6 is 0 Å². The van der Waals surface area contributed by atoms with Gasteiger partial charge in [0.25, 0.3) is 0 Å². The van der Waals surface area contributed by atoms with Crippen molar-refractivity contribution in [2.24, 2.45) is 5.92 Å². The summed E-state index contributed by atoms with van der Waals surface area (Å²) in [7, 11) is 0. The Hall–Kier alpha value is -0.990. The molecule has 3 aliphatic rings. The van der Waals surface area contributed by atoms with Crippen molar-refractivity contribution < 1.29 is 29.2 Å². The molecule has 0 aromatic heterocycles. The van der Waals surface area contributed by atoms with Crippen LogP contribution in [0.5, 0.6) is 0 Å². The van der Waals surface area contributed by atoms with E-state index in [9.17, 15) is 15.0 Å². The zero-order valence-corrected chi connectivity index (χ0v) is 16.7. The molecule has 0 amide bonds. The van der Waals surface area contributed by atoms with Crippen molar-refractivity contribution >= 4 is 5.97 Å². The highest BCUT2D eigenvalue weighted by Crippen LogP contribution is 2.37. The average Bonchev–Trinajstić information content (AvgIpc) is 3.00. The third-order valence-electron chi connectivity index (χ3n) is 6.05. The molecule has 2 aliphatic heterocycles. The summed E-state index contributed by atoms with van der Waals surface area (Å²) in [5.74, 6) is -0.902. The number of aliphatic hydroxyl groups excluding tert-OH is 1. The molecule has 0 radical (unpaired) electrons. The Morgan fingerprint density at radius 1 is 1.21 bits per heavy atom. The van der Waals surface area contributed by atoms with E-state index < -0.39 is 12.1 Å². The van der Waals surface area contributed by atoms with Gasteiger partial charge in [0.1, 0.15) is 0 Å². The van der Waals surface area contributed by atoms with E-state index in [-0.39, 0.29) is 30.8 Å². The molecule has 0 bridgehead atoms. The summed E-state index contributed by atoms with van der Waals surface area (Å²) in [4.78, 5) is 12.9. The summed E-state index contributed by atoms with van der Waals surface area (Å²) in [6, 6.07) is 0.150. The molecule has 2 saturated heterocycles. The molecule has 1 saturated carbocycles. The Kier molecular flexibility index (Phi) is 8.73. The fourth-order valence-corrected chi connectivity index (χ4v) is 4.62. The van der Waals surface area contributed by atoms with E-state index in [0.29, 0.717) is 26.1 Å². The minimum absolute atomic E-state index is 0.0346. The van der Waals surface area contributed by atoms with Crippen LogP contribution in [-0.2, 0) is 19.0 Å². The smallest absolute Gasteiger partial charge is 0.158 e. The summed E-state index contributed by atoms with van der Waals surface area (Å²) in [5.41, 5.74) is 0. The molecule has 2 heterocycles. The molecule has 1 N–H and O–H groups in total. The number of carbonyl (C=O) groups is 1. The lowest BCUT2D eigenvalue weighted by atomic mass is 9.95. The first-order chi connectivity index (χ1) is 13.6. The second kappa shape index (κ2) is 11.3. The topological polar surface area (TPSA) is 91.3 Å². The summed E-state index contributed by atoms with van der Waals surface area (Å²) in [6.07, 6.45) is 9.42. The number of carboxylic acid groups (broad SMARTS) is 1. The maximum atomic E-state index is 10.8. The first-order valence-corrected chi connectivity index (χ1v) is 10.8. The predicted molar refractivity (Wildman–Crippen MR) is 101 cm³/mol. The number of carboxylic acids is 1. The van der Waals surface area contributed by atoms with E-state index in [1.807, 2.05) is 6.08 Å². The molecule has 3 rings (SSSR count). The molecular formula is C21H34NO6-. The minimum Gasteiger partial charge on any atom is -0.550 e. The van der Waals surface area contributed by atoms with Crippen molar-refractivity contribution in [3.05, 3.63) is 12.2 Å². The molecule has 1 aliphatic carbocycles. The Morgan fingerprint density at radius 2 is 2.04 bits per heavy atom. The van der Waals surface area contributed by atoms with Crippen molar-refractivity contribution in [2.45, 2.75) is 75.9 Å². The molecular weight excluding hydrogens is 362 g/mol. The van der Waals surface area contributed by atoms with Gasteiger partial charge in [-0.3, -0.25) is 4.90 Å². The quantitative estimate of drug-likeness (QED) is 0.456. The van der Waals surface area contributed by atoms with E-state index in [4.69, 9.17) is 14.2 Å². The second-order valence-corrected chi connectivity index (χ2v) is 8.05. The van der Waals surface area contributed by atoms with E-state index in [2.05, 4.69) is 11.0 Å². The molecule has 5 unspecified atom stereocenters. The zero-order valence-electron chi connectivity index (χ0n) is 16.7. The monoisotopic (exact) mass is 396 g/mol. The number of hydrogen-bond acceptors (Lipinski definition) is 7. The highest BCUT2D eigenvalue weighted by atomic mass is 16.7. The second-order valence-electron chi connectivity index (χ2n) is 8.05. The van der Waals surface area contributed by atoms with Crippen LogP contribution in [0.25, 0.3) is 0 Å². The van der Waals surface area contributed by atoms with Crippen molar-refractivity contribution in [2.75, 3.05) is 32.9 Å². The Bertz CT molecular complexity index is 501. The Labute approximate surface area is 167 Å². The summed E-state index contributed by atoms with van der Waals surface area (Å²) in [6.45, 7) is 3.89. The molecule has 160 valence electrons. The van der Waals surface area contributed by atoms with Crippen LogP contribution < -0.4 is 5.11 Å². The maximum absolute atomic E-state index is 10.8. The van der Waals surface area contributed by atoms with Crippen LogP contribution in [-0.4, -0.2) is 73.4 Å². The number of ether oxygens (including phenoxy) is 3. The lowest BCUT2D eigenvalue weighted by molar-refractivity contribution is -0.305. The molecule has 3 fully saturated rings. The normalized spacial score (nSPS) is 34.8. The van der Waals surface area contributed by atoms with E-state index in [0.717, 1.165) is 51.8 Å². The standard InChI is InChI=1S/C21H35NO6/c23-17-15-18(28-20-9-5-6-12-27-20)21(22-10-13-26-14-11-22)16(17)7-3-1-2-4-8-19(24)25/h1,3,16-18,20-21,23H,2,4-15H2,(H,24,25)/p-1/b3-1+. The zero-order chi connectivity index (χ0) is 19.8. The average molecular weight is 397 g/mol. The number of aliphatic carboxylic acids is 1. The molecule has 5 atom stereocenters. The number of aliphatic hydroxyl groups is 1. The van der Waals surface area contributed by atoms with Crippen LogP contribution in [0, 0.1) is 5.92 Å². The number of unbranched alkanes of at least 4 members (excludes halogenated alkanes) is 1. The van der Waals surface area contributed by atoms with Gasteiger partial charge in [-0.05, 0) is 44.9 Å². The molecule has 0 aromatic carbocycles. The van der Waals surface area contributed by atoms with Crippen LogP contribution in [0.2, 0.25) is 0 Å². The molecule has 0 spiro atoms. The SMILES string of the molecule is O=C([O-])CCC/C=C/CC1C(O)CC(OC2CCCCO2)C1N1CCOCC1. The highest BCUT2D eigenvalue weighted by molar-refractivity contribution is 5.64. The fourth-order valence-electron chi connectivity index (χ4n) is 4.62. The fraction of sp³-hybridized carbons (Fsp3) is 0.857. The van der Waals surface area contributed by atoms with E-state index in [1.165, 1.54) is 0 Å². The molecule has 7 heteroatoms. The Balaban J connectivity index is 1.59. The van der Waals surface area contributed by atoms with Crippen LogP contribution in [0.3, 0.4) is 0 Å². The third-order valence-corrected chi connectivity index (χ3v) is 6.05. The number of hydrogen-bond donors (Lipinski definition) is 1. The van der Waals surface area contributed by atoms with Gasteiger partial charge in [0.2, 0.25) is 0 Å². The van der Waals surface area contributed by atoms with E-state index in [1.54, 1.807) is 0 Å². The van der Waals surface area contributed by atoms with Crippen LogP contribution in [0.4, 0.5) is 0 Å². The summed E-state index contributed by atoms with van der Waals surface area (Å²) >= 11 is 0. The Morgan fingerprint density at radius 3 is 2.75 bits per heavy atom. The first-order valence-electron chi connectivity index (χ1n) is 10.8. The van der Waals surface area contributed by atoms with Gasteiger partial charge >= 0.3 is 0 Å². The molecule has 7 nitrogen and oxygen atoms in total. The summed E-state index contributed by atoms with van der Waals surface area (Å²) in [5, 5.41) is 21.3. The van der Waals surface area contributed by atoms with Gasteiger partial charge in [-0.2, -0.15) is 0 Å². The van der Waals surface area contributed by atoms with E-state index >= 15 is 0 Å². The first kappa shape index (κ1) is 21.7. The van der Waals surface area contributed by atoms with Crippen molar-refractivity contribution in [1.29, 1.82) is 0 Å². The number of allylic oxidation sites excluding steroid dienone is 2. The van der Waals surface area contributed by atoms with Gasteiger partial charge in [-0.1, -0.05) is 12.2 Å². The highest BCUT2D eigenvalue weighted by Gasteiger charge is 2.46. The van der Waals surface area contributed by atoms with Gasteiger partial charge in [-0.25, -0.2) is 0 Å². The number of morpholine rings is 1. The lowest BCUT2D eigenvalue weighted by Crippen LogP contribution is -2.51. The maximum Gasteiger partial charge on any atom is 0.158 e. The van der Waals surface area contributed by atoms with Crippen molar-refractivity contribution in [3.63, 3.8) is 0 Å². The van der Waals surface area contributed by atoms with Gasteiger partial charge in [-0.15, -0.1) is 0 Å². The van der Waals surface area contributed by atoms with Crippen LogP contribution in [0.1, 0.15) is 51.4 Å². The van der Waals surface area contributed by atoms with Gasteiger partial charge in [0.05, 0.1) is 25.4 Å². The van der Waals surface area contributed by atoms with Crippen molar-refractivity contribution in [1.82, 2.24) is 4.90 Å². The number of rotatable bonds is 9.